The van der Waals surface area contributed by atoms with Gasteiger partial charge in [0.25, 0.3) is 0 Å². The number of ether oxygens (including phenoxy) is 1. The molecule has 4 aromatic rings. The van der Waals surface area contributed by atoms with E-state index in [-0.39, 0.29) is 5.88 Å². The second-order valence-electron chi connectivity index (χ2n) is 8.06. The van der Waals surface area contributed by atoms with Gasteiger partial charge in [-0.2, -0.15) is 0 Å². The number of anilines is 2. The van der Waals surface area contributed by atoms with Crippen LogP contribution in [0.5, 0.6) is 5.88 Å². The number of aliphatic imine (C=N–C) groups is 1. The average molecular weight is 427 g/mol. The molecule has 0 atom stereocenters. The average Bonchev–Trinajstić information content (AvgIpc) is 3.13. The number of H-pyrrole nitrogens is 1. The van der Waals surface area contributed by atoms with Gasteiger partial charge < -0.3 is 25.5 Å². The number of nitrogen functional groups attached to an aromatic ring is 1. The zero-order valence-electron chi connectivity index (χ0n) is 17.8. The maximum absolute atomic E-state index is 10.5. The van der Waals surface area contributed by atoms with Gasteiger partial charge in [0, 0.05) is 41.6 Å². The van der Waals surface area contributed by atoms with Crippen molar-refractivity contribution in [3.8, 4) is 5.88 Å². The van der Waals surface area contributed by atoms with Crippen molar-refractivity contribution in [3.63, 3.8) is 0 Å². The van der Waals surface area contributed by atoms with E-state index in [9.17, 15) is 5.11 Å². The highest BCUT2D eigenvalue weighted by Crippen LogP contribution is 2.28. The normalized spacial score (nSPS) is 14.4. The van der Waals surface area contributed by atoms with E-state index >= 15 is 0 Å². The summed E-state index contributed by atoms with van der Waals surface area (Å²) in [6, 6.07) is 22.2. The first-order chi connectivity index (χ1) is 15.7. The molecule has 1 aliphatic rings. The monoisotopic (exact) mass is 426 g/mol. The van der Waals surface area contributed by atoms with E-state index in [0.29, 0.717) is 5.56 Å². The summed E-state index contributed by atoms with van der Waals surface area (Å²) >= 11 is 0. The molecule has 32 heavy (non-hydrogen) atoms. The quantitative estimate of drug-likeness (QED) is 0.321. The van der Waals surface area contributed by atoms with E-state index < -0.39 is 0 Å². The number of rotatable bonds is 5. The zero-order chi connectivity index (χ0) is 21.9. The summed E-state index contributed by atoms with van der Waals surface area (Å²) in [5.41, 5.74) is 12.5. The molecule has 0 saturated carbocycles. The number of hydrogen-bond donors (Lipinski definition) is 3. The Morgan fingerprint density at radius 2 is 1.78 bits per heavy atom. The number of nitrogens with zero attached hydrogens (tertiary/aromatic N) is 2. The topological polar surface area (TPSA) is 86.9 Å². The third-order valence-electron chi connectivity index (χ3n) is 5.81. The van der Waals surface area contributed by atoms with E-state index in [1.165, 1.54) is 5.69 Å². The van der Waals surface area contributed by atoms with Gasteiger partial charge in [-0.25, -0.2) is 0 Å². The Kier molecular flexibility index (Phi) is 5.52. The summed E-state index contributed by atoms with van der Waals surface area (Å²) in [5.74, 6) is 0.120. The molecule has 6 nitrogen and oxygen atoms in total. The minimum Gasteiger partial charge on any atom is -0.494 e. The van der Waals surface area contributed by atoms with Crippen LogP contribution in [-0.2, 0) is 11.2 Å². The van der Waals surface area contributed by atoms with Crippen molar-refractivity contribution in [2.45, 2.75) is 6.42 Å². The van der Waals surface area contributed by atoms with Crippen molar-refractivity contribution < 1.29 is 9.84 Å². The van der Waals surface area contributed by atoms with Crippen molar-refractivity contribution >= 4 is 34.2 Å². The first-order valence-electron chi connectivity index (χ1n) is 10.8. The number of aromatic amines is 1. The Labute approximate surface area is 187 Å². The molecule has 1 aromatic heterocycles. The number of aromatic hydroxyl groups is 1. The predicted molar refractivity (Wildman–Crippen MR) is 130 cm³/mol. The predicted octanol–water partition coefficient (Wildman–Crippen LogP) is 4.63. The largest absolute Gasteiger partial charge is 0.494 e. The number of aromatic nitrogens is 1. The van der Waals surface area contributed by atoms with E-state index in [0.717, 1.165) is 66.1 Å². The van der Waals surface area contributed by atoms with E-state index in [1.54, 1.807) is 6.21 Å². The van der Waals surface area contributed by atoms with Gasteiger partial charge in [0.05, 0.1) is 24.5 Å². The van der Waals surface area contributed by atoms with Gasteiger partial charge >= 0.3 is 0 Å². The number of nitrogens with one attached hydrogen (secondary N) is 1. The van der Waals surface area contributed by atoms with Gasteiger partial charge in [-0.1, -0.05) is 18.2 Å². The summed E-state index contributed by atoms with van der Waals surface area (Å²) < 4.78 is 5.42. The fourth-order valence-corrected chi connectivity index (χ4v) is 4.14. The zero-order valence-corrected chi connectivity index (χ0v) is 17.8. The van der Waals surface area contributed by atoms with Crippen LogP contribution in [0.25, 0.3) is 10.9 Å². The summed E-state index contributed by atoms with van der Waals surface area (Å²) in [5, 5.41) is 11.4. The number of benzene rings is 3. The Hall–Kier alpha value is -3.77. The molecule has 2 heterocycles. The maximum Gasteiger partial charge on any atom is 0.198 e. The first-order valence-corrected chi connectivity index (χ1v) is 10.8. The maximum atomic E-state index is 10.5. The fourth-order valence-electron chi connectivity index (χ4n) is 4.14. The molecule has 6 heteroatoms. The molecule has 3 aromatic carbocycles. The van der Waals surface area contributed by atoms with Crippen molar-refractivity contribution in [1.82, 2.24) is 4.98 Å². The van der Waals surface area contributed by atoms with Crippen LogP contribution in [0.15, 0.2) is 71.7 Å². The summed E-state index contributed by atoms with van der Waals surface area (Å²) in [7, 11) is 0. The van der Waals surface area contributed by atoms with Crippen molar-refractivity contribution in [2.75, 3.05) is 36.9 Å². The molecular weight excluding hydrogens is 400 g/mol. The SMILES string of the molecule is Nc1cccc(Cc2ccc3[nH]c(O)c(C=Nc4ccc(N5CCOCC5)cc4)c3c2)c1. The third kappa shape index (κ3) is 4.31. The van der Waals surface area contributed by atoms with Crippen molar-refractivity contribution in [3.05, 3.63) is 83.4 Å². The molecular formula is C26H26N4O2. The van der Waals surface area contributed by atoms with Crippen molar-refractivity contribution in [2.24, 2.45) is 4.99 Å². The number of hydrogen-bond acceptors (Lipinski definition) is 5. The third-order valence-corrected chi connectivity index (χ3v) is 5.81. The van der Waals surface area contributed by atoms with E-state index in [4.69, 9.17) is 10.5 Å². The molecule has 0 unspecified atom stereocenters. The van der Waals surface area contributed by atoms with E-state index in [2.05, 4.69) is 45.2 Å². The highest BCUT2D eigenvalue weighted by Gasteiger charge is 2.12. The van der Waals surface area contributed by atoms with Crippen molar-refractivity contribution in [1.29, 1.82) is 0 Å². The molecule has 5 rings (SSSR count). The molecule has 0 radical (unpaired) electrons. The van der Waals surface area contributed by atoms with Crippen LogP contribution >= 0.6 is 0 Å². The van der Waals surface area contributed by atoms with Gasteiger partial charge in [-0.05, 0) is 66.1 Å². The molecule has 1 fully saturated rings. The van der Waals surface area contributed by atoms with Crippen LogP contribution in [0.3, 0.4) is 0 Å². The molecule has 162 valence electrons. The smallest absolute Gasteiger partial charge is 0.198 e. The number of fused-ring (bicyclic) bond motifs is 1. The fraction of sp³-hybridized carbons (Fsp3) is 0.192. The Morgan fingerprint density at radius 3 is 2.56 bits per heavy atom. The molecule has 1 saturated heterocycles. The second kappa shape index (κ2) is 8.77. The Bertz CT molecular complexity index is 1250. The van der Waals surface area contributed by atoms with Crippen LogP contribution in [0.2, 0.25) is 0 Å². The van der Waals surface area contributed by atoms with Gasteiger partial charge in [-0.15, -0.1) is 0 Å². The second-order valence-corrected chi connectivity index (χ2v) is 8.06. The van der Waals surface area contributed by atoms with Gasteiger partial charge in [0.2, 0.25) is 0 Å². The highest BCUT2D eigenvalue weighted by atomic mass is 16.5. The summed E-state index contributed by atoms with van der Waals surface area (Å²) in [4.78, 5) is 9.96. The molecule has 4 N–H and O–H groups in total. The first kappa shape index (κ1) is 20.2. The molecule has 1 aliphatic heterocycles. The minimum atomic E-state index is 0.120. The Balaban J connectivity index is 1.38. The van der Waals surface area contributed by atoms with Crippen LogP contribution in [0.4, 0.5) is 17.1 Å². The van der Waals surface area contributed by atoms with Gasteiger partial charge in [-0.3, -0.25) is 4.99 Å². The van der Waals surface area contributed by atoms with Crippen LogP contribution in [0, 0.1) is 0 Å². The van der Waals surface area contributed by atoms with Crippen LogP contribution in [-0.4, -0.2) is 42.6 Å². The summed E-state index contributed by atoms with van der Waals surface area (Å²) in [6.45, 7) is 3.34. The molecule has 0 aliphatic carbocycles. The Morgan fingerprint density at radius 1 is 1.00 bits per heavy atom. The van der Waals surface area contributed by atoms with Gasteiger partial charge in [0.15, 0.2) is 5.88 Å². The van der Waals surface area contributed by atoms with E-state index in [1.807, 2.05) is 36.4 Å². The number of nitrogens with two attached hydrogens (primary N) is 1. The lowest BCUT2D eigenvalue weighted by Gasteiger charge is -2.28. The molecule has 0 amide bonds. The minimum absolute atomic E-state index is 0.120. The number of morpholine rings is 1. The lowest BCUT2D eigenvalue weighted by atomic mass is 10.0. The highest BCUT2D eigenvalue weighted by molar-refractivity contribution is 6.02. The molecule has 0 bridgehead atoms. The van der Waals surface area contributed by atoms with Gasteiger partial charge in [0.1, 0.15) is 0 Å². The standard InChI is InChI=1S/C26H26N4O2/c27-20-3-1-2-18(15-20)14-19-4-9-25-23(16-19)24(26(31)29-25)17-28-21-5-7-22(8-6-21)30-10-12-32-13-11-30/h1-9,15-17,29,31H,10-14,27H2. The lowest BCUT2D eigenvalue weighted by Crippen LogP contribution is -2.36. The van der Waals surface area contributed by atoms with Crippen LogP contribution < -0.4 is 10.6 Å². The van der Waals surface area contributed by atoms with Crippen LogP contribution in [0.1, 0.15) is 16.7 Å². The lowest BCUT2D eigenvalue weighted by molar-refractivity contribution is 0.122. The molecule has 0 spiro atoms. The summed E-state index contributed by atoms with van der Waals surface area (Å²) in [6.07, 6.45) is 2.49.